The Balaban J connectivity index is 3.09. The van der Waals surface area contributed by atoms with Crippen molar-refractivity contribution in [2.24, 2.45) is 0 Å². The summed E-state index contributed by atoms with van der Waals surface area (Å²) in [6.07, 6.45) is 0.106. The molecule has 0 saturated carbocycles. The van der Waals surface area contributed by atoms with Gasteiger partial charge in [-0.15, -0.1) is 0 Å². The van der Waals surface area contributed by atoms with Crippen LogP contribution >= 0.6 is 0 Å². The lowest BCUT2D eigenvalue weighted by Crippen LogP contribution is -2.34. The van der Waals surface area contributed by atoms with E-state index in [1.807, 2.05) is 6.07 Å². The number of sulfonamides is 1. The summed E-state index contributed by atoms with van der Waals surface area (Å²) in [7, 11) is -0.784. The Hall–Kier alpha value is -1.82. The first-order chi connectivity index (χ1) is 9.97. The van der Waals surface area contributed by atoms with E-state index in [2.05, 4.69) is 0 Å². The highest BCUT2D eigenvalue weighted by Gasteiger charge is 2.24. The van der Waals surface area contributed by atoms with E-state index in [0.29, 0.717) is 5.75 Å². The normalized spacial score (nSPS) is 11.3. The number of anilines is 1. The van der Waals surface area contributed by atoms with Gasteiger partial charge in [-0.05, 0) is 18.2 Å². The minimum Gasteiger partial charge on any atom is -0.495 e. The maximum absolute atomic E-state index is 12.6. The molecule has 2 N–H and O–H groups in total. The van der Waals surface area contributed by atoms with E-state index < -0.39 is 10.0 Å². The fraction of sp³-hybridized carbons (Fsp3) is 0.462. The van der Waals surface area contributed by atoms with Crippen molar-refractivity contribution >= 4 is 15.7 Å². The van der Waals surface area contributed by atoms with Crippen LogP contribution in [-0.4, -0.2) is 46.6 Å². The standard InChI is InChI=1S/C13H19N3O4S/c1-19-9-8-16(7-3-6-14)21(17,18)11-4-5-13(20-2)12(15)10-11/h4-5,10H,3,7-9,15H2,1-2H3. The maximum atomic E-state index is 12.6. The lowest BCUT2D eigenvalue weighted by atomic mass is 10.3. The highest BCUT2D eigenvalue weighted by molar-refractivity contribution is 7.89. The fourth-order valence-corrected chi connectivity index (χ4v) is 3.20. The van der Waals surface area contributed by atoms with Gasteiger partial charge in [0.25, 0.3) is 0 Å². The molecule has 0 atom stereocenters. The van der Waals surface area contributed by atoms with Crippen LogP contribution in [0.1, 0.15) is 6.42 Å². The highest BCUT2D eigenvalue weighted by Crippen LogP contribution is 2.26. The molecule has 0 aromatic heterocycles. The van der Waals surface area contributed by atoms with Crippen LogP contribution in [0.4, 0.5) is 5.69 Å². The summed E-state index contributed by atoms with van der Waals surface area (Å²) in [5, 5.41) is 8.65. The van der Waals surface area contributed by atoms with Crippen molar-refractivity contribution in [2.75, 3.05) is 39.6 Å². The third-order valence-electron chi connectivity index (χ3n) is 2.86. The Morgan fingerprint density at radius 2 is 2.05 bits per heavy atom. The molecule has 0 bridgehead atoms. The van der Waals surface area contributed by atoms with Crippen LogP contribution in [-0.2, 0) is 14.8 Å². The van der Waals surface area contributed by atoms with E-state index in [-0.39, 0.29) is 36.7 Å². The molecule has 0 amide bonds. The zero-order valence-electron chi connectivity index (χ0n) is 12.1. The van der Waals surface area contributed by atoms with Gasteiger partial charge in [0.05, 0.1) is 30.4 Å². The molecule has 0 fully saturated rings. The van der Waals surface area contributed by atoms with Gasteiger partial charge in [-0.3, -0.25) is 0 Å². The number of benzene rings is 1. The summed E-state index contributed by atoms with van der Waals surface area (Å²) < 4.78 is 36.2. The van der Waals surface area contributed by atoms with Gasteiger partial charge in [-0.25, -0.2) is 8.42 Å². The van der Waals surface area contributed by atoms with Crippen molar-refractivity contribution in [1.29, 1.82) is 5.26 Å². The second kappa shape index (κ2) is 7.83. The van der Waals surface area contributed by atoms with Crippen LogP contribution in [0.2, 0.25) is 0 Å². The number of hydrogen-bond acceptors (Lipinski definition) is 6. The Labute approximate surface area is 124 Å². The van der Waals surface area contributed by atoms with Gasteiger partial charge in [0.15, 0.2) is 0 Å². The van der Waals surface area contributed by atoms with E-state index in [9.17, 15) is 8.42 Å². The number of ether oxygens (including phenoxy) is 2. The molecule has 0 heterocycles. The molecule has 0 aliphatic heterocycles. The summed E-state index contributed by atoms with van der Waals surface area (Å²) in [6, 6.07) is 6.21. The average molecular weight is 313 g/mol. The predicted octanol–water partition coefficient (Wildman–Crippen LogP) is 0.828. The molecule has 1 aromatic carbocycles. The zero-order valence-corrected chi connectivity index (χ0v) is 12.9. The smallest absolute Gasteiger partial charge is 0.243 e. The average Bonchev–Trinajstić information content (AvgIpc) is 2.47. The third kappa shape index (κ3) is 4.32. The number of hydrogen-bond donors (Lipinski definition) is 1. The van der Waals surface area contributed by atoms with Crippen LogP contribution in [0, 0.1) is 11.3 Å². The quantitative estimate of drug-likeness (QED) is 0.713. The molecular weight excluding hydrogens is 294 g/mol. The monoisotopic (exact) mass is 313 g/mol. The number of nitrogens with two attached hydrogens (primary N) is 1. The molecule has 0 radical (unpaired) electrons. The molecule has 0 aliphatic carbocycles. The van der Waals surface area contributed by atoms with Gasteiger partial charge in [0.1, 0.15) is 5.75 Å². The van der Waals surface area contributed by atoms with Crippen LogP contribution in [0.15, 0.2) is 23.1 Å². The molecule has 1 rings (SSSR count). The van der Waals surface area contributed by atoms with Crippen molar-refractivity contribution in [1.82, 2.24) is 4.31 Å². The van der Waals surface area contributed by atoms with Gasteiger partial charge in [-0.2, -0.15) is 9.57 Å². The number of nitrogens with zero attached hydrogens (tertiary/aromatic N) is 2. The molecule has 7 nitrogen and oxygen atoms in total. The molecule has 0 saturated heterocycles. The van der Waals surface area contributed by atoms with Crippen LogP contribution in [0.3, 0.4) is 0 Å². The summed E-state index contributed by atoms with van der Waals surface area (Å²) >= 11 is 0. The van der Waals surface area contributed by atoms with Crippen molar-refractivity contribution in [2.45, 2.75) is 11.3 Å². The predicted molar refractivity (Wildman–Crippen MR) is 78.3 cm³/mol. The van der Waals surface area contributed by atoms with Crippen LogP contribution < -0.4 is 10.5 Å². The van der Waals surface area contributed by atoms with Crippen molar-refractivity contribution in [3.63, 3.8) is 0 Å². The fourth-order valence-electron chi connectivity index (χ4n) is 1.74. The lowest BCUT2D eigenvalue weighted by molar-refractivity contribution is 0.179. The minimum absolute atomic E-state index is 0.0647. The van der Waals surface area contributed by atoms with Crippen LogP contribution in [0.25, 0.3) is 0 Å². The van der Waals surface area contributed by atoms with E-state index in [4.69, 9.17) is 20.5 Å². The van der Waals surface area contributed by atoms with Crippen LogP contribution in [0.5, 0.6) is 5.75 Å². The second-order valence-electron chi connectivity index (χ2n) is 4.21. The maximum Gasteiger partial charge on any atom is 0.243 e. The van der Waals surface area contributed by atoms with Gasteiger partial charge < -0.3 is 15.2 Å². The lowest BCUT2D eigenvalue weighted by Gasteiger charge is -2.21. The zero-order chi connectivity index (χ0) is 15.9. The highest BCUT2D eigenvalue weighted by atomic mass is 32.2. The molecule has 0 spiro atoms. The Morgan fingerprint density at radius 1 is 1.33 bits per heavy atom. The topological polar surface area (TPSA) is 106 Å². The van der Waals surface area contributed by atoms with E-state index >= 15 is 0 Å². The Morgan fingerprint density at radius 3 is 2.57 bits per heavy atom. The summed E-state index contributed by atoms with van der Waals surface area (Å²) in [5.41, 5.74) is 5.99. The van der Waals surface area contributed by atoms with Crippen molar-refractivity contribution in [3.05, 3.63) is 18.2 Å². The summed E-state index contributed by atoms with van der Waals surface area (Å²) in [4.78, 5) is 0.0647. The van der Waals surface area contributed by atoms with Gasteiger partial charge in [0, 0.05) is 26.6 Å². The van der Waals surface area contributed by atoms with E-state index in [1.165, 1.54) is 36.7 Å². The molecule has 21 heavy (non-hydrogen) atoms. The number of methoxy groups -OCH3 is 2. The van der Waals surface area contributed by atoms with Crippen molar-refractivity contribution in [3.8, 4) is 11.8 Å². The van der Waals surface area contributed by atoms with Gasteiger partial charge in [-0.1, -0.05) is 0 Å². The number of nitrogen functional groups attached to an aromatic ring is 1. The van der Waals surface area contributed by atoms with E-state index in [0.717, 1.165) is 0 Å². The Bertz CT molecular complexity index is 610. The first kappa shape index (κ1) is 17.2. The Kier molecular flexibility index (Phi) is 6.42. The largest absolute Gasteiger partial charge is 0.495 e. The molecule has 0 aliphatic rings. The summed E-state index contributed by atoms with van der Waals surface area (Å²) in [5.74, 6) is 0.411. The SMILES string of the molecule is COCCN(CCC#N)S(=O)(=O)c1ccc(OC)c(N)c1. The van der Waals surface area contributed by atoms with Gasteiger partial charge >= 0.3 is 0 Å². The number of nitriles is 1. The third-order valence-corrected chi connectivity index (χ3v) is 4.75. The second-order valence-corrected chi connectivity index (χ2v) is 6.15. The molecule has 8 heteroatoms. The first-order valence-electron chi connectivity index (χ1n) is 6.27. The van der Waals surface area contributed by atoms with Gasteiger partial charge in [0.2, 0.25) is 10.0 Å². The molecule has 0 unspecified atom stereocenters. The molecular formula is C13H19N3O4S. The molecule has 1 aromatic rings. The van der Waals surface area contributed by atoms with Crippen molar-refractivity contribution < 1.29 is 17.9 Å². The minimum atomic E-state index is -3.73. The number of rotatable bonds is 8. The first-order valence-corrected chi connectivity index (χ1v) is 7.71. The van der Waals surface area contributed by atoms with E-state index in [1.54, 1.807) is 0 Å². The summed E-state index contributed by atoms with van der Waals surface area (Å²) in [6.45, 7) is 0.525. The molecule has 116 valence electrons.